The Bertz CT molecular complexity index is 384. The summed E-state index contributed by atoms with van der Waals surface area (Å²) in [5.41, 5.74) is 3.59. The number of thioether (sulfide) groups is 2. The van der Waals surface area contributed by atoms with Gasteiger partial charge in [-0.25, -0.2) is 5.43 Å². The molecule has 0 saturated carbocycles. The van der Waals surface area contributed by atoms with Crippen molar-refractivity contribution in [3.05, 3.63) is 35.9 Å². The summed E-state index contributed by atoms with van der Waals surface area (Å²) in [6, 6.07) is 9.67. The van der Waals surface area contributed by atoms with Crippen molar-refractivity contribution in [3.8, 4) is 0 Å². The average Bonchev–Trinajstić information content (AvgIpc) is 2.81. The van der Waals surface area contributed by atoms with Crippen molar-refractivity contribution in [2.24, 2.45) is 5.10 Å². The van der Waals surface area contributed by atoms with Crippen molar-refractivity contribution in [3.63, 3.8) is 0 Å². The van der Waals surface area contributed by atoms with E-state index >= 15 is 0 Å². The molecule has 1 aliphatic heterocycles. The Hall–Kier alpha value is -0.940. The highest BCUT2D eigenvalue weighted by Gasteiger charge is 2.10. The molecule has 0 atom stereocenters. The van der Waals surface area contributed by atoms with Crippen LogP contribution in [-0.2, 0) is 11.2 Å². The van der Waals surface area contributed by atoms with Crippen molar-refractivity contribution >= 4 is 33.8 Å². The lowest BCUT2D eigenvalue weighted by molar-refractivity contribution is -0.120. The molecule has 0 radical (unpaired) electrons. The lowest BCUT2D eigenvalue weighted by atomic mass is 10.1. The number of hydrogen-bond donors (Lipinski definition) is 1. The number of nitrogens with one attached hydrogen (secondary N) is 1. The van der Waals surface area contributed by atoms with Crippen LogP contribution in [0, 0.1) is 0 Å². The van der Waals surface area contributed by atoms with E-state index in [0.717, 1.165) is 21.4 Å². The van der Waals surface area contributed by atoms with E-state index < -0.39 is 0 Å². The van der Waals surface area contributed by atoms with E-state index in [1.807, 2.05) is 30.3 Å². The van der Waals surface area contributed by atoms with Gasteiger partial charge in [-0.05, 0) is 5.56 Å². The molecule has 1 N–H and O–H groups in total. The number of amides is 1. The number of nitrogens with zero attached hydrogens (tertiary/aromatic N) is 1. The number of carbonyl (C=O) groups excluding carboxylic acids is 1. The maximum Gasteiger partial charge on any atom is 0.244 e. The number of hydrazone groups is 1. The fourth-order valence-corrected chi connectivity index (χ4v) is 3.36. The van der Waals surface area contributed by atoms with Gasteiger partial charge >= 0.3 is 0 Å². The second kappa shape index (κ2) is 5.96. The van der Waals surface area contributed by atoms with Crippen LogP contribution < -0.4 is 5.43 Å². The van der Waals surface area contributed by atoms with Crippen LogP contribution in [-0.4, -0.2) is 21.8 Å². The molecule has 0 bridgehead atoms. The summed E-state index contributed by atoms with van der Waals surface area (Å²) >= 11 is 3.38. The second-order valence-corrected chi connectivity index (χ2v) is 5.70. The molecule has 1 heterocycles. The van der Waals surface area contributed by atoms with Crippen molar-refractivity contribution in [1.29, 1.82) is 0 Å². The second-order valence-electron chi connectivity index (χ2n) is 3.27. The maximum absolute atomic E-state index is 11.5. The molecule has 1 fully saturated rings. The van der Waals surface area contributed by atoms with Gasteiger partial charge in [0.25, 0.3) is 0 Å². The Morgan fingerprint density at radius 1 is 1.25 bits per heavy atom. The topological polar surface area (TPSA) is 41.5 Å². The van der Waals surface area contributed by atoms with Crippen LogP contribution in [0.25, 0.3) is 0 Å². The molecule has 0 spiro atoms. The SMILES string of the molecule is O=C(Cc1ccccc1)NN=C1SCCS1. The summed E-state index contributed by atoms with van der Waals surface area (Å²) in [4.78, 5) is 11.5. The predicted molar refractivity (Wildman–Crippen MR) is 70.6 cm³/mol. The number of hydrogen-bond acceptors (Lipinski definition) is 4. The molecule has 1 aromatic rings. The monoisotopic (exact) mass is 252 g/mol. The van der Waals surface area contributed by atoms with Crippen LogP contribution in [0.4, 0.5) is 0 Å². The molecule has 1 saturated heterocycles. The first-order chi connectivity index (χ1) is 7.84. The van der Waals surface area contributed by atoms with Crippen LogP contribution in [0.5, 0.6) is 0 Å². The van der Waals surface area contributed by atoms with Crippen LogP contribution in [0.1, 0.15) is 5.56 Å². The summed E-state index contributed by atoms with van der Waals surface area (Å²) in [5, 5.41) is 4.06. The Labute approximate surface area is 103 Å². The van der Waals surface area contributed by atoms with Crippen molar-refractivity contribution in [2.75, 3.05) is 11.5 Å². The Morgan fingerprint density at radius 2 is 1.94 bits per heavy atom. The normalized spacial score (nSPS) is 14.9. The van der Waals surface area contributed by atoms with Crippen LogP contribution in [0.15, 0.2) is 35.4 Å². The molecule has 5 heteroatoms. The minimum atomic E-state index is -0.0631. The van der Waals surface area contributed by atoms with Gasteiger partial charge in [0.1, 0.15) is 4.38 Å². The summed E-state index contributed by atoms with van der Waals surface area (Å²) in [7, 11) is 0. The molecule has 2 rings (SSSR count). The molecule has 1 aromatic carbocycles. The first-order valence-corrected chi connectivity index (χ1v) is 6.98. The van der Waals surface area contributed by atoms with Gasteiger partial charge in [-0.1, -0.05) is 53.9 Å². The van der Waals surface area contributed by atoms with Gasteiger partial charge in [0, 0.05) is 11.5 Å². The molecular formula is C11H12N2OS2. The van der Waals surface area contributed by atoms with Crippen LogP contribution in [0.2, 0.25) is 0 Å². The molecule has 1 aliphatic rings. The highest BCUT2D eigenvalue weighted by molar-refractivity contribution is 8.41. The Morgan fingerprint density at radius 3 is 2.62 bits per heavy atom. The lowest BCUT2D eigenvalue weighted by Gasteiger charge is -2.00. The molecule has 3 nitrogen and oxygen atoms in total. The Kier molecular flexibility index (Phi) is 4.30. The van der Waals surface area contributed by atoms with Crippen LogP contribution >= 0.6 is 23.5 Å². The third kappa shape index (κ3) is 3.57. The Balaban J connectivity index is 1.82. The average molecular weight is 252 g/mol. The van der Waals surface area contributed by atoms with Gasteiger partial charge < -0.3 is 0 Å². The minimum absolute atomic E-state index is 0.0631. The van der Waals surface area contributed by atoms with E-state index in [0.29, 0.717) is 6.42 Å². The van der Waals surface area contributed by atoms with Crippen LogP contribution in [0.3, 0.4) is 0 Å². The molecule has 84 valence electrons. The fourth-order valence-electron chi connectivity index (χ4n) is 1.29. The van der Waals surface area contributed by atoms with E-state index in [9.17, 15) is 4.79 Å². The molecule has 0 aliphatic carbocycles. The summed E-state index contributed by atoms with van der Waals surface area (Å²) in [6.45, 7) is 0. The molecule has 16 heavy (non-hydrogen) atoms. The van der Waals surface area contributed by atoms with Gasteiger partial charge in [0.2, 0.25) is 5.91 Å². The van der Waals surface area contributed by atoms with E-state index in [4.69, 9.17) is 0 Å². The number of carbonyl (C=O) groups is 1. The number of rotatable bonds is 3. The van der Waals surface area contributed by atoms with Gasteiger partial charge in [-0.15, -0.1) is 0 Å². The molecule has 0 unspecified atom stereocenters. The maximum atomic E-state index is 11.5. The lowest BCUT2D eigenvalue weighted by Crippen LogP contribution is -2.20. The highest BCUT2D eigenvalue weighted by Crippen LogP contribution is 2.25. The largest absolute Gasteiger partial charge is 0.273 e. The summed E-state index contributed by atoms with van der Waals surface area (Å²) in [6.07, 6.45) is 0.382. The fraction of sp³-hybridized carbons (Fsp3) is 0.273. The van der Waals surface area contributed by atoms with Gasteiger partial charge in [-0.3, -0.25) is 4.79 Å². The summed E-state index contributed by atoms with van der Waals surface area (Å²) < 4.78 is 0.960. The van der Waals surface area contributed by atoms with Gasteiger partial charge in [-0.2, -0.15) is 5.10 Å². The highest BCUT2D eigenvalue weighted by atomic mass is 32.2. The smallest absolute Gasteiger partial charge is 0.244 e. The first kappa shape index (κ1) is 11.5. The van der Waals surface area contributed by atoms with E-state index in [-0.39, 0.29) is 5.91 Å². The predicted octanol–water partition coefficient (Wildman–Crippen LogP) is 2.10. The van der Waals surface area contributed by atoms with E-state index in [2.05, 4.69) is 10.5 Å². The number of benzene rings is 1. The van der Waals surface area contributed by atoms with Crippen molar-refractivity contribution in [2.45, 2.75) is 6.42 Å². The molecule has 1 amide bonds. The van der Waals surface area contributed by atoms with E-state index in [1.165, 1.54) is 0 Å². The van der Waals surface area contributed by atoms with Gasteiger partial charge in [0.15, 0.2) is 0 Å². The first-order valence-electron chi connectivity index (χ1n) is 5.00. The minimum Gasteiger partial charge on any atom is -0.273 e. The zero-order valence-electron chi connectivity index (χ0n) is 8.68. The third-order valence-corrected chi connectivity index (χ3v) is 4.47. The van der Waals surface area contributed by atoms with Crippen molar-refractivity contribution in [1.82, 2.24) is 5.43 Å². The third-order valence-electron chi connectivity index (χ3n) is 2.01. The quantitative estimate of drug-likeness (QED) is 0.838. The zero-order valence-corrected chi connectivity index (χ0v) is 10.3. The molecule has 0 aromatic heterocycles. The van der Waals surface area contributed by atoms with Crippen molar-refractivity contribution < 1.29 is 4.79 Å². The summed E-state index contributed by atoms with van der Waals surface area (Å²) in [5.74, 6) is 2.10. The van der Waals surface area contributed by atoms with E-state index in [1.54, 1.807) is 23.5 Å². The standard InChI is InChI=1S/C11H12N2OS2/c14-10(8-9-4-2-1-3-5-9)12-13-11-15-6-7-16-11/h1-5H,6-8H2,(H,12,14). The molecular weight excluding hydrogens is 240 g/mol. The zero-order chi connectivity index (χ0) is 11.2. The van der Waals surface area contributed by atoms with Gasteiger partial charge in [0.05, 0.1) is 6.42 Å².